The zero-order valence-electron chi connectivity index (χ0n) is 17.1. The molecule has 0 spiro atoms. The summed E-state index contributed by atoms with van der Waals surface area (Å²) in [7, 11) is 0. The third-order valence-electron chi connectivity index (χ3n) is 5.31. The Morgan fingerprint density at radius 2 is 1.97 bits per heavy atom. The molecule has 1 N–H and O–H groups in total. The van der Waals surface area contributed by atoms with E-state index in [-0.39, 0.29) is 17.7 Å². The smallest absolute Gasteiger partial charge is 0.294 e. The molecule has 0 radical (unpaired) electrons. The first-order valence-corrected chi connectivity index (χ1v) is 11.2. The number of amides is 1. The number of carbonyl (C=O) groups is 1. The maximum Gasteiger partial charge on any atom is 0.294 e. The molecule has 32 heavy (non-hydrogen) atoms. The van der Waals surface area contributed by atoms with Crippen molar-refractivity contribution >= 4 is 38.3 Å². The average molecular weight is 453 g/mol. The van der Waals surface area contributed by atoms with Gasteiger partial charge >= 0.3 is 0 Å². The number of nitrogens with one attached hydrogen (secondary N) is 1. The first-order chi connectivity index (χ1) is 15.6. The molecule has 3 aromatic heterocycles. The summed E-state index contributed by atoms with van der Waals surface area (Å²) < 4.78 is 21.1. The Bertz CT molecular complexity index is 1330. The Kier molecular flexibility index (Phi) is 5.44. The lowest BCUT2D eigenvalue weighted by Crippen LogP contribution is -2.31. The van der Waals surface area contributed by atoms with Gasteiger partial charge in [0, 0.05) is 13.1 Å². The van der Waals surface area contributed by atoms with Crippen molar-refractivity contribution in [3.8, 4) is 11.5 Å². The summed E-state index contributed by atoms with van der Waals surface area (Å²) in [5.74, 6) is -0.647. The number of hydrogen-bond acceptors (Lipinski definition) is 7. The summed E-state index contributed by atoms with van der Waals surface area (Å²) in [6, 6.07) is 9.32. The molecule has 1 aliphatic rings. The maximum absolute atomic E-state index is 13.9. The second-order valence-corrected chi connectivity index (χ2v) is 8.52. The molecule has 1 fully saturated rings. The van der Waals surface area contributed by atoms with Crippen molar-refractivity contribution in [2.45, 2.75) is 25.8 Å². The average Bonchev–Trinajstić information content (AvgIpc) is 3.49. The number of carbonyl (C=O) groups excluding carboxylic acids is 1. The zero-order chi connectivity index (χ0) is 22.1. The standard InChI is InChI=1S/C22H20FN5O3S/c23-14-7-2-3-8-15(14)24-17(29)13-28-21(30)19-20(18(26-28)16-9-6-12-31-16)32-22(25-19)27-10-4-1-5-11-27/h2-3,6-9,12H,1,4-5,10-11,13H2,(H,24,29). The summed E-state index contributed by atoms with van der Waals surface area (Å²) in [4.78, 5) is 32.5. The van der Waals surface area contributed by atoms with Gasteiger partial charge in [0.2, 0.25) is 5.91 Å². The van der Waals surface area contributed by atoms with Gasteiger partial charge in [-0.2, -0.15) is 5.10 Å². The summed E-state index contributed by atoms with van der Waals surface area (Å²) in [6.45, 7) is 1.40. The zero-order valence-corrected chi connectivity index (χ0v) is 17.9. The number of para-hydroxylation sites is 1. The van der Waals surface area contributed by atoms with Crippen molar-refractivity contribution in [2.24, 2.45) is 0 Å². The van der Waals surface area contributed by atoms with E-state index >= 15 is 0 Å². The fraction of sp³-hybridized carbons (Fsp3) is 0.273. The van der Waals surface area contributed by atoms with Crippen LogP contribution in [0.2, 0.25) is 0 Å². The van der Waals surface area contributed by atoms with Crippen LogP contribution in [-0.2, 0) is 11.3 Å². The number of furan rings is 1. The van der Waals surface area contributed by atoms with Gasteiger partial charge in [0.15, 0.2) is 16.4 Å². The summed E-state index contributed by atoms with van der Waals surface area (Å²) in [6.07, 6.45) is 4.87. The van der Waals surface area contributed by atoms with Gasteiger partial charge < -0.3 is 14.6 Å². The van der Waals surface area contributed by atoms with E-state index < -0.39 is 17.3 Å². The highest BCUT2D eigenvalue weighted by atomic mass is 32.1. The predicted molar refractivity (Wildman–Crippen MR) is 120 cm³/mol. The summed E-state index contributed by atoms with van der Waals surface area (Å²) in [5, 5.41) is 7.66. The number of piperidine rings is 1. The molecule has 5 rings (SSSR count). The van der Waals surface area contributed by atoms with Crippen LogP contribution in [0.5, 0.6) is 0 Å². The molecular weight excluding hydrogens is 433 g/mol. The molecule has 1 aliphatic heterocycles. The second kappa shape index (κ2) is 8.54. The van der Waals surface area contributed by atoms with Crippen LogP contribution in [-0.4, -0.2) is 33.8 Å². The van der Waals surface area contributed by atoms with E-state index in [1.54, 1.807) is 18.2 Å². The third-order valence-corrected chi connectivity index (χ3v) is 6.43. The highest BCUT2D eigenvalue weighted by Crippen LogP contribution is 2.34. The SMILES string of the molecule is O=C(Cn1nc(-c2ccco2)c2sc(N3CCCCC3)nc2c1=O)Nc1ccccc1F. The van der Waals surface area contributed by atoms with E-state index in [9.17, 15) is 14.0 Å². The van der Waals surface area contributed by atoms with E-state index in [0.717, 1.165) is 35.7 Å². The molecule has 4 heterocycles. The molecule has 0 saturated carbocycles. The van der Waals surface area contributed by atoms with Crippen LogP contribution < -0.4 is 15.8 Å². The minimum atomic E-state index is -0.569. The molecule has 4 aromatic rings. The molecule has 0 unspecified atom stereocenters. The third kappa shape index (κ3) is 3.89. The highest BCUT2D eigenvalue weighted by Gasteiger charge is 2.23. The molecule has 1 aromatic carbocycles. The number of thiazole rings is 1. The van der Waals surface area contributed by atoms with E-state index in [2.05, 4.69) is 20.3 Å². The van der Waals surface area contributed by atoms with E-state index in [1.807, 2.05) is 0 Å². The van der Waals surface area contributed by atoms with Crippen molar-refractivity contribution in [2.75, 3.05) is 23.3 Å². The Labute approximate surface area is 186 Å². The van der Waals surface area contributed by atoms with Crippen molar-refractivity contribution in [1.82, 2.24) is 14.8 Å². The molecule has 0 atom stereocenters. The summed E-state index contributed by atoms with van der Waals surface area (Å²) >= 11 is 1.40. The fourth-order valence-corrected chi connectivity index (χ4v) is 4.84. The van der Waals surface area contributed by atoms with E-state index in [4.69, 9.17) is 4.42 Å². The van der Waals surface area contributed by atoms with Crippen LogP contribution in [0.3, 0.4) is 0 Å². The molecule has 8 nitrogen and oxygen atoms in total. The van der Waals surface area contributed by atoms with Gasteiger partial charge in [0.1, 0.15) is 18.1 Å². The minimum absolute atomic E-state index is 0.0407. The molecule has 10 heteroatoms. The maximum atomic E-state index is 13.9. The lowest BCUT2D eigenvalue weighted by molar-refractivity contribution is -0.117. The monoisotopic (exact) mass is 453 g/mol. The van der Waals surface area contributed by atoms with Crippen LogP contribution in [0.4, 0.5) is 15.2 Å². The van der Waals surface area contributed by atoms with Gasteiger partial charge in [-0.25, -0.2) is 14.1 Å². The number of benzene rings is 1. The number of anilines is 2. The highest BCUT2D eigenvalue weighted by molar-refractivity contribution is 7.22. The van der Waals surface area contributed by atoms with Gasteiger partial charge in [-0.1, -0.05) is 23.5 Å². The topological polar surface area (TPSA) is 93.3 Å². The van der Waals surface area contributed by atoms with Gasteiger partial charge in [-0.3, -0.25) is 9.59 Å². The lowest BCUT2D eigenvalue weighted by Gasteiger charge is -2.25. The van der Waals surface area contributed by atoms with Crippen molar-refractivity contribution < 1.29 is 13.6 Å². The van der Waals surface area contributed by atoms with Crippen LogP contribution in [0.1, 0.15) is 19.3 Å². The van der Waals surface area contributed by atoms with E-state index in [0.29, 0.717) is 16.2 Å². The Morgan fingerprint density at radius 3 is 2.72 bits per heavy atom. The molecule has 164 valence electrons. The van der Waals surface area contributed by atoms with Crippen LogP contribution in [0.15, 0.2) is 51.9 Å². The Hall–Kier alpha value is -3.53. The Balaban J connectivity index is 1.54. The number of aromatic nitrogens is 3. The number of nitrogens with zero attached hydrogens (tertiary/aromatic N) is 4. The van der Waals surface area contributed by atoms with Gasteiger partial charge in [0.05, 0.1) is 16.7 Å². The van der Waals surface area contributed by atoms with E-state index in [1.165, 1.54) is 42.2 Å². The molecule has 1 saturated heterocycles. The minimum Gasteiger partial charge on any atom is -0.463 e. The van der Waals surface area contributed by atoms with Crippen LogP contribution in [0, 0.1) is 5.82 Å². The number of halogens is 1. The molecule has 0 bridgehead atoms. The van der Waals surface area contributed by atoms with Crippen LogP contribution in [0.25, 0.3) is 21.7 Å². The quantitative estimate of drug-likeness (QED) is 0.493. The first kappa shape index (κ1) is 20.4. The largest absolute Gasteiger partial charge is 0.463 e. The predicted octanol–water partition coefficient (Wildman–Crippen LogP) is 3.88. The summed E-state index contributed by atoms with van der Waals surface area (Å²) in [5.41, 5.74) is 0.261. The fourth-order valence-electron chi connectivity index (χ4n) is 3.74. The molecule has 1 amide bonds. The van der Waals surface area contributed by atoms with Gasteiger partial charge in [-0.05, 0) is 43.5 Å². The van der Waals surface area contributed by atoms with Crippen LogP contribution >= 0.6 is 11.3 Å². The van der Waals surface area contributed by atoms with Gasteiger partial charge in [-0.15, -0.1) is 0 Å². The van der Waals surface area contributed by atoms with Crippen molar-refractivity contribution in [1.29, 1.82) is 0 Å². The molecule has 0 aliphatic carbocycles. The van der Waals surface area contributed by atoms with Crippen molar-refractivity contribution in [3.63, 3.8) is 0 Å². The normalized spacial score (nSPS) is 14.1. The molecular formula is C22H20FN5O3S. The number of hydrogen-bond donors (Lipinski definition) is 1. The lowest BCUT2D eigenvalue weighted by atomic mass is 10.1. The van der Waals surface area contributed by atoms with Crippen molar-refractivity contribution in [3.05, 3.63) is 58.8 Å². The first-order valence-electron chi connectivity index (χ1n) is 10.3. The number of fused-ring (bicyclic) bond motifs is 1. The van der Waals surface area contributed by atoms with Gasteiger partial charge in [0.25, 0.3) is 5.56 Å². The second-order valence-electron chi connectivity index (χ2n) is 7.54. The number of rotatable bonds is 5. The Morgan fingerprint density at radius 1 is 1.16 bits per heavy atom.